The van der Waals surface area contributed by atoms with E-state index in [1.807, 2.05) is 18.3 Å². The Morgan fingerprint density at radius 3 is 3.00 bits per heavy atom. The van der Waals surface area contributed by atoms with Gasteiger partial charge in [-0.05, 0) is 36.8 Å². The number of halogens is 1. The van der Waals surface area contributed by atoms with E-state index in [1.165, 1.54) is 17.8 Å². The van der Waals surface area contributed by atoms with Gasteiger partial charge in [0.05, 0.1) is 10.7 Å². The zero-order valence-electron chi connectivity index (χ0n) is 9.63. The fraction of sp³-hybridized carbons (Fsp3) is 0.462. The Bertz CT molecular complexity index is 554. The van der Waals surface area contributed by atoms with Gasteiger partial charge in [0, 0.05) is 11.9 Å². The molecule has 2 heterocycles. The second kappa shape index (κ2) is 3.24. The molecule has 2 aromatic heterocycles. The largest absolute Gasteiger partial charge is 0.302 e. The Morgan fingerprint density at radius 1 is 1.38 bits per heavy atom. The predicted molar refractivity (Wildman–Crippen MR) is 66.0 cm³/mol. The lowest BCUT2D eigenvalue weighted by Gasteiger charge is -2.28. The van der Waals surface area contributed by atoms with Crippen molar-refractivity contribution in [1.82, 2.24) is 9.38 Å². The van der Waals surface area contributed by atoms with E-state index in [2.05, 4.69) is 23.2 Å². The first-order valence-electron chi connectivity index (χ1n) is 5.71. The minimum Gasteiger partial charge on any atom is -0.302 e. The van der Waals surface area contributed by atoms with Crippen LogP contribution in [-0.2, 0) is 12.8 Å². The summed E-state index contributed by atoms with van der Waals surface area (Å²) in [6.45, 7) is 4.64. The molecule has 2 aromatic rings. The molecule has 16 heavy (non-hydrogen) atoms. The second-order valence-corrected chi connectivity index (χ2v) is 5.86. The predicted octanol–water partition coefficient (Wildman–Crippen LogP) is 3.50. The van der Waals surface area contributed by atoms with E-state index in [4.69, 9.17) is 11.6 Å². The Labute approximate surface area is 100 Å². The fourth-order valence-electron chi connectivity index (χ4n) is 2.50. The zero-order valence-corrected chi connectivity index (χ0v) is 10.4. The molecule has 0 unspecified atom stereocenters. The number of hydrogen-bond acceptors (Lipinski definition) is 1. The highest BCUT2D eigenvalue weighted by Gasteiger charge is 2.28. The molecule has 0 radical (unpaired) electrons. The summed E-state index contributed by atoms with van der Waals surface area (Å²) in [5.41, 5.74) is 3.99. The van der Waals surface area contributed by atoms with Crippen LogP contribution in [0.2, 0.25) is 5.02 Å². The SMILES string of the molecule is CC1(C)CCc2nc3ccc(Cl)cn3c2C1. The summed E-state index contributed by atoms with van der Waals surface area (Å²) in [6.07, 6.45) is 5.37. The molecule has 0 bridgehead atoms. The lowest BCUT2D eigenvalue weighted by molar-refractivity contribution is 0.309. The van der Waals surface area contributed by atoms with E-state index < -0.39 is 0 Å². The molecule has 0 aromatic carbocycles. The highest BCUT2D eigenvalue weighted by atomic mass is 35.5. The Balaban J connectivity index is 2.23. The first-order valence-corrected chi connectivity index (χ1v) is 6.08. The summed E-state index contributed by atoms with van der Waals surface area (Å²) in [7, 11) is 0. The van der Waals surface area contributed by atoms with Crippen LogP contribution in [-0.4, -0.2) is 9.38 Å². The molecule has 0 N–H and O–H groups in total. The van der Waals surface area contributed by atoms with Crippen molar-refractivity contribution in [3.8, 4) is 0 Å². The van der Waals surface area contributed by atoms with Crippen molar-refractivity contribution >= 4 is 17.2 Å². The van der Waals surface area contributed by atoms with E-state index in [0.29, 0.717) is 5.41 Å². The molecule has 0 saturated heterocycles. The summed E-state index contributed by atoms with van der Waals surface area (Å²) < 4.78 is 2.15. The molecule has 0 atom stereocenters. The topological polar surface area (TPSA) is 17.3 Å². The number of pyridine rings is 1. The average molecular weight is 235 g/mol. The van der Waals surface area contributed by atoms with E-state index in [1.54, 1.807) is 0 Å². The summed E-state index contributed by atoms with van der Waals surface area (Å²) in [4.78, 5) is 4.66. The highest BCUT2D eigenvalue weighted by Crippen LogP contribution is 2.35. The van der Waals surface area contributed by atoms with Crippen LogP contribution < -0.4 is 0 Å². The summed E-state index contributed by atoms with van der Waals surface area (Å²) >= 11 is 6.04. The molecule has 1 aliphatic rings. The molecule has 3 rings (SSSR count). The van der Waals surface area contributed by atoms with E-state index in [-0.39, 0.29) is 0 Å². The van der Waals surface area contributed by atoms with Gasteiger partial charge < -0.3 is 4.40 Å². The van der Waals surface area contributed by atoms with E-state index in [0.717, 1.165) is 23.5 Å². The maximum atomic E-state index is 6.04. The summed E-state index contributed by atoms with van der Waals surface area (Å²) in [6, 6.07) is 3.90. The molecule has 0 aliphatic heterocycles. The molecule has 84 valence electrons. The Kier molecular flexibility index (Phi) is 2.05. The number of rotatable bonds is 0. The normalized spacial score (nSPS) is 18.7. The van der Waals surface area contributed by atoms with Crippen molar-refractivity contribution in [3.63, 3.8) is 0 Å². The molecule has 3 heteroatoms. The van der Waals surface area contributed by atoms with Crippen molar-refractivity contribution in [3.05, 3.63) is 34.7 Å². The van der Waals surface area contributed by atoms with Gasteiger partial charge in [-0.3, -0.25) is 0 Å². The van der Waals surface area contributed by atoms with Gasteiger partial charge in [-0.1, -0.05) is 25.4 Å². The van der Waals surface area contributed by atoms with E-state index >= 15 is 0 Å². The van der Waals surface area contributed by atoms with Crippen molar-refractivity contribution in [2.45, 2.75) is 33.1 Å². The van der Waals surface area contributed by atoms with Gasteiger partial charge in [-0.25, -0.2) is 4.98 Å². The van der Waals surface area contributed by atoms with Crippen molar-refractivity contribution in [2.24, 2.45) is 5.41 Å². The van der Waals surface area contributed by atoms with Crippen LogP contribution in [0.15, 0.2) is 18.3 Å². The monoisotopic (exact) mass is 234 g/mol. The number of aryl methyl sites for hydroxylation is 1. The van der Waals surface area contributed by atoms with Gasteiger partial charge in [0.1, 0.15) is 5.65 Å². The number of aromatic nitrogens is 2. The number of hydrogen-bond donors (Lipinski definition) is 0. The first-order chi connectivity index (χ1) is 7.55. The number of imidazole rings is 1. The standard InChI is InChI=1S/C13H15ClN2/c1-13(2)6-5-10-11(7-13)16-8-9(14)3-4-12(16)15-10/h3-4,8H,5-7H2,1-2H3. The van der Waals surface area contributed by atoms with Gasteiger partial charge >= 0.3 is 0 Å². The van der Waals surface area contributed by atoms with Crippen LogP contribution in [0.3, 0.4) is 0 Å². The number of fused-ring (bicyclic) bond motifs is 3. The Hall–Kier alpha value is -1.02. The van der Waals surface area contributed by atoms with Crippen molar-refractivity contribution in [1.29, 1.82) is 0 Å². The van der Waals surface area contributed by atoms with Crippen LogP contribution in [0.1, 0.15) is 31.7 Å². The maximum Gasteiger partial charge on any atom is 0.137 e. The molecule has 0 amide bonds. The van der Waals surface area contributed by atoms with Gasteiger partial charge in [-0.15, -0.1) is 0 Å². The molecule has 2 nitrogen and oxygen atoms in total. The smallest absolute Gasteiger partial charge is 0.137 e. The van der Waals surface area contributed by atoms with Crippen molar-refractivity contribution < 1.29 is 0 Å². The van der Waals surface area contributed by atoms with Gasteiger partial charge in [0.2, 0.25) is 0 Å². The zero-order chi connectivity index (χ0) is 11.3. The second-order valence-electron chi connectivity index (χ2n) is 5.42. The molecule has 0 spiro atoms. The Morgan fingerprint density at radius 2 is 2.19 bits per heavy atom. The molecular weight excluding hydrogens is 220 g/mol. The summed E-state index contributed by atoms with van der Waals surface area (Å²) in [5.74, 6) is 0. The molecule has 0 saturated carbocycles. The maximum absolute atomic E-state index is 6.04. The summed E-state index contributed by atoms with van der Waals surface area (Å²) in [5, 5.41) is 0.774. The lowest BCUT2D eigenvalue weighted by atomic mass is 9.78. The van der Waals surface area contributed by atoms with Crippen molar-refractivity contribution in [2.75, 3.05) is 0 Å². The van der Waals surface area contributed by atoms with Gasteiger partial charge in [0.15, 0.2) is 0 Å². The fourth-order valence-corrected chi connectivity index (χ4v) is 2.66. The van der Waals surface area contributed by atoms with Crippen LogP contribution in [0.5, 0.6) is 0 Å². The van der Waals surface area contributed by atoms with Crippen LogP contribution in [0.4, 0.5) is 0 Å². The van der Waals surface area contributed by atoms with Crippen LogP contribution in [0, 0.1) is 5.41 Å². The third-order valence-corrected chi connectivity index (χ3v) is 3.67. The van der Waals surface area contributed by atoms with Crippen LogP contribution >= 0.6 is 11.6 Å². The average Bonchev–Trinajstić information content (AvgIpc) is 2.55. The van der Waals surface area contributed by atoms with Crippen LogP contribution in [0.25, 0.3) is 5.65 Å². The minimum atomic E-state index is 0.380. The van der Waals surface area contributed by atoms with Gasteiger partial charge in [-0.2, -0.15) is 0 Å². The molecule has 0 fully saturated rings. The number of nitrogens with zero attached hydrogens (tertiary/aromatic N) is 2. The third kappa shape index (κ3) is 1.52. The van der Waals surface area contributed by atoms with E-state index in [9.17, 15) is 0 Å². The molecule has 1 aliphatic carbocycles. The minimum absolute atomic E-state index is 0.380. The third-order valence-electron chi connectivity index (χ3n) is 3.45. The quantitative estimate of drug-likeness (QED) is 0.682. The molecular formula is C13H15ClN2. The lowest BCUT2D eigenvalue weighted by Crippen LogP contribution is -2.22. The van der Waals surface area contributed by atoms with Gasteiger partial charge in [0.25, 0.3) is 0 Å². The highest BCUT2D eigenvalue weighted by molar-refractivity contribution is 6.30. The first kappa shape index (κ1) is 10.2.